The van der Waals surface area contributed by atoms with Crippen LogP contribution in [0.15, 0.2) is 47.4 Å². The molecule has 0 aliphatic carbocycles. The van der Waals surface area contributed by atoms with Crippen molar-refractivity contribution in [3.05, 3.63) is 59.9 Å². The van der Waals surface area contributed by atoms with E-state index in [-0.39, 0.29) is 36.7 Å². The van der Waals surface area contributed by atoms with Crippen molar-refractivity contribution in [2.75, 3.05) is 18.4 Å². The van der Waals surface area contributed by atoms with Gasteiger partial charge in [0.1, 0.15) is 5.82 Å². The smallest absolute Gasteiger partial charge is 0.243 e. The lowest BCUT2D eigenvalue weighted by Crippen LogP contribution is -2.41. The molecule has 27 heavy (non-hydrogen) atoms. The summed E-state index contributed by atoms with van der Waals surface area (Å²) in [5.74, 6) is -3.43. The number of rotatable bonds is 4. The molecule has 1 heterocycles. The van der Waals surface area contributed by atoms with E-state index in [0.717, 1.165) is 16.4 Å². The molecule has 1 aliphatic heterocycles. The third kappa shape index (κ3) is 4.30. The first-order valence-electron chi connectivity index (χ1n) is 8.29. The van der Waals surface area contributed by atoms with Crippen LogP contribution in [0.4, 0.5) is 18.9 Å². The number of hydrogen-bond donors (Lipinski definition) is 1. The summed E-state index contributed by atoms with van der Waals surface area (Å²) in [7, 11) is -3.96. The average molecular weight is 398 g/mol. The summed E-state index contributed by atoms with van der Waals surface area (Å²) in [6.45, 7) is 0.172. The van der Waals surface area contributed by atoms with E-state index in [2.05, 4.69) is 5.32 Å². The zero-order valence-corrected chi connectivity index (χ0v) is 15.0. The van der Waals surface area contributed by atoms with Crippen molar-refractivity contribution in [3.8, 4) is 0 Å². The maximum atomic E-state index is 13.3. The summed E-state index contributed by atoms with van der Waals surface area (Å²) in [6, 6.07) is 7.77. The molecule has 2 aromatic rings. The summed E-state index contributed by atoms with van der Waals surface area (Å²) >= 11 is 0. The van der Waals surface area contributed by atoms with Crippen molar-refractivity contribution >= 4 is 21.6 Å². The van der Waals surface area contributed by atoms with E-state index >= 15 is 0 Å². The molecule has 0 atom stereocenters. The summed E-state index contributed by atoms with van der Waals surface area (Å²) < 4.78 is 65.5. The number of benzene rings is 2. The van der Waals surface area contributed by atoms with Gasteiger partial charge in [-0.1, -0.05) is 0 Å². The van der Waals surface area contributed by atoms with Crippen molar-refractivity contribution in [2.24, 2.45) is 5.92 Å². The van der Waals surface area contributed by atoms with E-state index in [4.69, 9.17) is 0 Å². The molecule has 1 N–H and O–H groups in total. The Morgan fingerprint density at radius 2 is 1.59 bits per heavy atom. The lowest BCUT2D eigenvalue weighted by Gasteiger charge is -2.30. The second-order valence-corrected chi connectivity index (χ2v) is 8.19. The Hall–Kier alpha value is -2.39. The second-order valence-electron chi connectivity index (χ2n) is 6.25. The lowest BCUT2D eigenvalue weighted by molar-refractivity contribution is -0.120. The molecule has 144 valence electrons. The molecule has 0 radical (unpaired) electrons. The minimum atomic E-state index is -3.96. The SMILES string of the molecule is O=C(Nc1ccc(F)cc1)C1CCN(S(=O)(=O)c2ccc(F)c(F)c2)CC1. The fourth-order valence-corrected chi connectivity index (χ4v) is 4.40. The van der Waals surface area contributed by atoms with Crippen molar-refractivity contribution < 1.29 is 26.4 Å². The van der Waals surface area contributed by atoms with E-state index in [9.17, 15) is 26.4 Å². The van der Waals surface area contributed by atoms with Gasteiger partial charge in [-0.25, -0.2) is 21.6 Å². The van der Waals surface area contributed by atoms with Gasteiger partial charge in [-0.2, -0.15) is 4.31 Å². The normalized spacial score (nSPS) is 16.3. The third-order valence-electron chi connectivity index (χ3n) is 4.47. The number of nitrogens with one attached hydrogen (secondary N) is 1. The van der Waals surface area contributed by atoms with Crippen LogP contribution in [0.25, 0.3) is 0 Å². The molecule has 0 spiro atoms. The lowest BCUT2D eigenvalue weighted by atomic mass is 9.97. The molecular formula is C18H17F3N2O3S. The largest absolute Gasteiger partial charge is 0.326 e. The third-order valence-corrected chi connectivity index (χ3v) is 6.36. The van der Waals surface area contributed by atoms with Crippen LogP contribution in [0.5, 0.6) is 0 Å². The van der Waals surface area contributed by atoms with Crippen molar-refractivity contribution in [2.45, 2.75) is 17.7 Å². The molecule has 1 saturated heterocycles. The summed E-state index contributed by atoms with van der Waals surface area (Å²) in [6.07, 6.45) is 0.575. The van der Waals surface area contributed by atoms with Crippen LogP contribution < -0.4 is 5.32 Å². The van der Waals surface area contributed by atoms with Gasteiger partial charge in [0.2, 0.25) is 15.9 Å². The van der Waals surface area contributed by atoms with Gasteiger partial charge in [-0.05, 0) is 55.3 Å². The van der Waals surface area contributed by atoms with Crippen LogP contribution >= 0.6 is 0 Å². The van der Waals surface area contributed by atoms with Crippen LogP contribution in [-0.2, 0) is 14.8 Å². The number of piperidine rings is 1. The van der Waals surface area contributed by atoms with Crippen molar-refractivity contribution in [3.63, 3.8) is 0 Å². The highest BCUT2D eigenvalue weighted by Crippen LogP contribution is 2.25. The quantitative estimate of drug-likeness (QED) is 0.861. The Morgan fingerprint density at radius 1 is 0.963 bits per heavy atom. The minimum Gasteiger partial charge on any atom is -0.326 e. The summed E-state index contributed by atoms with van der Waals surface area (Å²) in [4.78, 5) is 12.0. The molecule has 3 rings (SSSR count). The molecule has 0 aromatic heterocycles. The molecule has 1 fully saturated rings. The number of sulfonamides is 1. The van der Waals surface area contributed by atoms with Crippen LogP contribution in [0.2, 0.25) is 0 Å². The number of anilines is 1. The predicted octanol–water partition coefficient (Wildman–Crippen LogP) is 3.14. The van der Waals surface area contributed by atoms with E-state index in [1.165, 1.54) is 24.3 Å². The van der Waals surface area contributed by atoms with E-state index in [0.29, 0.717) is 11.8 Å². The monoisotopic (exact) mass is 398 g/mol. The number of halogens is 3. The van der Waals surface area contributed by atoms with Gasteiger partial charge in [0.05, 0.1) is 4.90 Å². The number of hydrogen-bond acceptors (Lipinski definition) is 3. The van der Waals surface area contributed by atoms with Crippen molar-refractivity contribution in [1.82, 2.24) is 4.31 Å². The standard InChI is InChI=1S/C18H17F3N2O3S/c19-13-1-3-14(4-2-13)22-18(24)12-7-9-23(10-8-12)27(25,26)15-5-6-16(20)17(21)11-15/h1-6,11-12H,7-10H2,(H,22,24). The fourth-order valence-electron chi connectivity index (χ4n) is 2.92. The number of nitrogens with zero attached hydrogens (tertiary/aromatic N) is 1. The number of amides is 1. The van der Waals surface area contributed by atoms with Gasteiger partial charge < -0.3 is 5.32 Å². The molecule has 1 amide bonds. The fraction of sp³-hybridized carbons (Fsp3) is 0.278. The highest BCUT2D eigenvalue weighted by Gasteiger charge is 2.32. The summed E-state index contributed by atoms with van der Waals surface area (Å²) in [5.41, 5.74) is 0.457. The van der Waals surface area contributed by atoms with Gasteiger partial charge in [0, 0.05) is 24.7 Å². The molecule has 2 aromatic carbocycles. The zero-order valence-electron chi connectivity index (χ0n) is 14.2. The molecular weight excluding hydrogens is 381 g/mol. The maximum Gasteiger partial charge on any atom is 0.243 e. The van der Waals surface area contributed by atoms with E-state index in [1.807, 2.05) is 0 Å². The molecule has 0 bridgehead atoms. The molecule has 1 aliphatic rings. The van der Waals surface area contributed by atoms with Crippen LogP contribution in [-0.4, -0.2) is 31.7 Å². The predicted molar refractivity (Wildman–Crippen MR) is 92.9 cm³/mol. The molecule has 0 unspecified atom stereocenters. The Bertz CT molecular complexity index is 941. The first kappa shape index (κ1) is 19.4. The molecule has 0 saturated carbocycles. The number of carbonyl (C=O) groups is 1. The summed E-state index contributed by atoms with van der Waals surface area (Å²) in [5, 5.41) is 2.67. The zero-order chi connectivity index (χ0) is 19.6. The van der Waals surface area contributed by atoms with Gasteiger partial charge in [-0.15, -0.1) is 0 Å². The number of carbonyl (C=O) groups excluding carboxylic acids is 1. The Morgan fingerprint density at radius 3 is 2.19 bits per heavy atom. The molecule has 9 heteroatoms. The Balaban J connectivity index is 1.63. The maximum absolute atomic E-state index is 13.3. The highest BCUT2D eigenvalue weighted by molar-refractivity contribution is 7.89. The van der Waals surface area contributed by atoms with Gasteiger partial charge >= 0.3 is 0 Å². The average Bonchev–Trinajstić information content (AvgIpc) is 2.66. The van der Waals surface area contributed by atoms with E-state index in [1.54, 1.807) is 0 Å². The first-order valence-corrected chi connectivity index (χ1v) is 9.73. The van der Waals surface area contributed by atoms with Crippen LogP contribution in [0.3, 0.4) is 0 Å². The minimum absolute atomic E-state index is 0.0861. The topological polar surface area (TPSA) is 66.5 Å². The Kier molecular flexibility index (Phi) is 5.52. The second kappa shape index (κ2) is 7.69. The van der Waals surface area contributed by atoms with Gasteiger partial charge in [0.15, 0.2) is 11.6 Å². The van der Waals surface area contributed by atoms with Crippen LogP contribution in [0, 0.1) is 23.4 Å². The molecule has 5 nitrogen and oxygen atoms in total. The van der Waals surface area contributed by atoms with Gasteiger partial charge in [0.25, 0.3) is 0 Å². The Labute approximate surface area is 154 Å². The van der Waals surface area contributed by atoms with E-state index < -0.39 is 33.4 Å². The van der Waals surface area contributed by atoms with Crippen LogP contribution in [0.1, 0.15) is 12.8 Å². The van der Waals surface area contributed by atoms with Gasteiger partial charge in [-0.3, -0.25) is 4.79 Å². The van der Waals surface area contributed by atoms with Crippen molar-refractivity contribution in [1.29, 1.82) is 0 Å². The first-order chi connectivity index (χ1) is 12.8. The highest BCUT2D eigenvalue weighted by atomic mass is 32.2.